The van der Waals surface area contributed by atoms with Crippen LogP contribution in [0.25, 0.3) is 11.0 Å². The summed E-state index contributed by atoms with van der Waals surface area (Å²) >= 11 is 0. The average molecular weight is 248 g/mol. The third-order valence-electron chi connectivity index (χ3n) is 3.34. The molecule has 0 amide bonds. The van der Waals surface area contributed by atoms with E-state index in [0.29, 0.717) is 22.4 Å². The van der Waals surface area contributed by atoms with Crippen LogP contribution in [-0.4, -0.2) is 16.4 Å². The topological polar surface area (TPSA) is 71.2 Å². The average Bonchev–Trinajstić information content (AvgIpc) is 2.34. The Morgan fingerprint density at radius 3 is 2.50 bits per heavy atom. The Bertz CT molecular complexity index is 674. The highest BCUT2D eigenvalue weighted by atomic mass is 16.5. The van der Waals surface area contributed by atoms with Crippen molar-refractivity contribution in [2.75, 3.05) is 6.61 Å². The van der Waals surface area contributed by atoms with Gasteiger partial charge in [0.05, 0.1) is 23.1 Å². The Morgan fingerprint density at radius 1 is 1.28 bits per heavy atom. The summed E-state index contributed by atoms with van der Waals surface area (Å²) in [6.07, 6.45) is 0.181. The lowest BCUT2D eigenvalue weighted by Gasteiger charge is -2.17. The molecule has 1 N–H and O–H groups in total. The number of hydrogen-bond acceptors (Lipinski definition) is 3. The van der Waals surface area contributed by atoms with Gasteiger partial charge in [-0.05, 0) is 38.0 Å². The van der Waals surface area contributed by atoms with Crippen LogP contribution in [0.5, 0.6) is 0 Å². The number of nitrogens with zero attached hydrogens (tertiary/aromatic N) is 2. The monoisotopic (exact) mass is 248 g/mol. The molecule has 2 rings (SSSR count). The normalized spacial score (nSPS) is 11.1. The minimum absolute atomic E-state index is 0.153. The van der Waals surface area contributed by atoms with Crippen molar-refractivity contribution in [3.8, 4) is 0 Å². The van der Waals surface area contributed by atoms with E-state index in [1.54, 1.807) is 19.1 Å². The maximum atomic E-state index is 12.2. The lowest BCUT2D eigenvalue weighted by atomic mass is 10.1. The second-order valence-electron chi connectivity index (χ2n) is 4.52. The molecule has 0 aliphatic heterocycles. The molecule has 0 bridgehead atoms. The van der Waals surface area contributed by atoms with Crippen LogP contribution >= 0.6 is 0 Å². The smallest absolute Gasteiger partial charge is 0.286 e. The molecule has 18 heavy (non-hydrogen) atoms. The molecule has 0 aliphatic rings. The van der Waals surface area contributed by atoms with Crippen molar-refractivity contribution >= 4 is 11.0 Å². The summed E-state index contributed by atoms with van der Waals surface area (Å²) in [4.78, 5) is 12.2. The van der Waals surface area contributed by atoms with E-state index in [1.807, 2.05) is 13.8 Å². The molecule has 0 fully saturated rings. The molecule has 5 nitrogen and oxygen atoms in total. The predicted molar refractivity (Wildman–Crippen MR) is 69.1 cm³/mol. The molecule has 2 aromatic rings. The SMILES string of the molecule is Cc1cc2c(cc1C)[n+](=O)c(CCO)c(C)n2[O-]. The van der Waals surface area contributed by atoms with Gasteiger partial charge >= 0.3 is 0 Å². The van der Waals surface area contributed by atoms with Crippen molar-refractivity contribution in [2.45, 2.75) is 27.2 Å². The molecule has 1 aromatic heterocycles. The van der Waals surface area contributed by atoms with Crippen LogP contribution in [0.4, 0.5) is 0 Å². The Balaban J connectivity index is 2.94. The quantitative estimate of drug-likeness (QED) is 0.816. The van der Waals surface area contributed by atoms with E-state index < -0.39 is 0 Å². The number of aliphatic hydroxyl groups is 1. The largest absolute Gasteiger partial charge is 0.805 e. The van der Waals surface area contributed by atoms with Crippen LogP contribution in [0.3, 0.4) is 0 Å². The van der Waals surface area contributed by atoms with Crippen LogP contribution in [0.2, 0.25) is 0 Å². The van der Waals surface area contributed by atoms with Gasteiger partial charge in [0.1, 0.15) is 5.52 Å². The second kappa shape index (κ2) is 4.42. The van der Waals surface area contributed by atoms with Crippen LogP contribution in [-0.2, 0) is 6.42 Å². The molecule has 96 valence electrons. The van der Waals surface area contributed by atoms with E-state index in [2.05, 4.69) is 0 Å². The second-order valence-corrected chi connectivity index (χ2v) is 4.52. The molecule has 0 spiro atoms. The van der Waals surface area contributed by atoms with Crippen LogP contribution in [0.15, 0.2) is 12.1 Å². The Kier molecular flexibility index (Phi) is 3.09. The number of aromatic nitrogens is 2. The summed E-state index contributed by atoms with van der Waals surface area (Å²) in [5.74, 6) is 0. The zero-order valence-electron chi connectivity index (χ0n) is 10.7. The first-order valence-corrected chi connectivity index (χ1v) is 5.83. The summed E-state index contributed by atoms with van der Waals surface area (Å²) in [7, 11) is 0. The van der Waals surface area contributed by atoms with E-state index in [9.17, 15) is 10.1 Å². The summed E-state index contributed by atoms with van der Waals surface area (Å²) in [5.41, 5.74) is 3.32. The summed E-state index contributed by atoms with van der Waals surface area (Å²) in [6.45, 7) is 5.25. The maximum absolute atomic E-state index is 12.2. The fraction of sp³-hybridized carbons (Fsp3) is 0.385. The van der Waals surface area contributed by atoms with Gasteiger partial charge in [-0.25, -0.2) is 0 Å². The minimum Gasteiger partial charge on any atom is -0.805 e. The first kappa shape index (κ1) is 12.6. The lowest BCUT2D eigenvalue weighted by molar-refractivity contribution is -0.476. The number of aryl methyl sites for hydroxylation is 2. The van der Waals surface area contributed by atoms with Gasteiger partial charge in [0, 0.05) is 11.0 Å². The highest BCUT2D eigenvalue weighted by Gasteiger charge is 2.19. The summed E-state index contributed by atoms with van der Waals surface area (Å²) < 4.78 is 1.52. The van der Waals surface area contributed by atoms with Gasteiger partial charge in [0.25, 0.3) is 11.2 Å². The van der Waals surface area contributed by atoms with Crippen molar-refractivity contribution in [1.29, 1.82) is 0 Å². The number of hydrogen-bond donors (Lipinski definition) is 1. The number of fused-ring (bicyclic) bond motifs is 1. The fourth-order valence-electron chi connectivity index (χ4n) is 2.09. The van der Waals surface area contributed by atoms with Crippen LogP contribution in [0, 0.1) is 30.9 Å². The molecule has 0 unspecified atom stereocenters. The summed E-state index contributed by atoms with van der Waals surface area (Å²) in [5, 5.41) is 21.1. The fourth-order valence-corrected chi connectivity index (χ4v) is 2.09. The maximum Gasteiger partial charge on any atom is 0.286 e. The van der Waals surface area contributed by atoms with E-state index >= 15 is 0 Å². The Morgan fingerprint density at radius 2 is 1.89 bits per heavy atom. The van der Waals surface area contributed by atoms with Crippen molar-refractivity contribution in [3.63, 3.8) is 0 Å². The van der Waals surface area contributed by atoms with Gasteiger partial charge in [-0.1, -0.05) is 0 Å². The number of benzene rings is 1. The molecule has 1 aromatic carbocycles. The van der Waals surface area contributed by atoms with Crippen molar-refractivity contribution in [1.82, 2.24) is 4.73 Å². The van der Waals surface area contributed by atoms with E-state index in [1.165, 1.54) is 0 Å². The van der Waals surface area contributed by atoms with E-state index in [0.717, 1.165) is 20.3 Å². The Hall–Kier alpha value is -1.88. The molecule has 0 aliphatic carbocycles. The summed E-state index contributed by atoms with van der Waals surface area (Å²) in [6, 6.07) is 3.44. The first-order chi connectivity index (χ1) is 8.47. The third kappa shape index (κ3) is 1.76. The zero-order valence-corrected chi connectivity index (χ0v) is 10.7. The molecular formula is C13H16N2O3. The zero-order chi connectivity index (χ0) is 13.4. The van der Waals surface area contributed by atoms with Crippen LogP contribution in [0.1, 0.15) is 22.5 Å². The molecule has 0 saturated carbocycles. The van der Waals surface area contributed by atoms with E-state index in [-0.39, 0.29) is 13.0 Å². The predicted octanol–water partition coefficient (Wildman–Crippen LogP) is 1.36. The van der Waals surface area contributed by atoms with Crippen LogP contribution < -0.4 is 4.43 Å². The first-order valence-electron chi connectivity index (χ1n) is 5.83. The van der Waals surface area contributed by atoms with Gasteiger partial charge in [-0.2, -0.15) is 0 Å². The van der Waals surface area contributed by atoms with Gasteiger partial charge in [-0.3, -0.25) is 0 Å². The molecule has 0 atom stereocenters. The van der Waals surface area contributed by atoms with Crippen molar-refractivity contribution < 1.29 is 9.53 Å². The third-order valence-corrected chi connectivity index (χ3v) is 3.34. The van der Waals surface area contributed by atoms with Crippen molar-refractivity contribution in [3.05, 3.63) is 44.8 Å². The molecule has 0 radical (unpaired) electrons. The number of aliphatic hydroxyl groups excluding tert-OH is 1. The molecular weight excluding hydrogens is 232 g/mol. The lowest BCUT2D eigenvalue weighted by Crippen LogP contribution is -2.28. The van der Waals surface area contributed by atoms with Gasteiger partial charge in [0.15, 0.2) is 0 Å². The molecule has 5 heteroatoms. The van der Waals surface area contributed by atoms with E-state index in [4.69, 9.17) is 5.11 Å². The van der Waals surface area contributed by atoms with Gasteiger partial charge in [-0.15, -0.1) is 0 Å². The van der Waals surface area contributed by atoms with Gasteiger partial charge in [0.2, 0.25) is 0 Å². The highest BCUT2D eigenvalue weighted by Crippen LogP contribution is 2.18. The minimum atomic E-state index is -0.153. The van der Waals surface area contributed by atoms with Crippen molar-refractivity contribution in [2.24, 2.45) is 0 Å². The van der Waals surface area contributed by atoms with Gasteiger partial charge < -0.3 is 15.0 Å². The Labute approximate surface area is 104 Å². The molecule has 1 heterocycles. The molecule has 0 saturated heterocycles. The highest BCUT2D eigenvalue weighted by molar-refractivity contribution is 5.74. The standard InChI is InChI=1S/C13H16N2O3/c1-8-6-12-13(7-9(8)2)15(18)11(4-5-16)10(3)14(12)17/h6-7,16H,4-5H2,1-3H3. The number of rotatable bonds is 2.